The van der Waals surface area contributed by atoms with E-state index in [0.717, 1.165) is 0 Å². The number of anilines is 2. The van der Waals surface area contributed by atoms with E-state index in [1.807, 2.05) is 0 Å². The minimum absolute atomic E-state index is 0.00225. The molecule has 1 heterocycles. The molecular formula is C23H17Cl2NO5S. The molecule has 0 unspecified atom stereocenters. The van der Waals surface area contributed by atoms with Crippen LogP contribution in [0.3, 0.4) is 0 Å². The van der Waals surface area contributed by atoms with Crippen LogP contribution in [0.5, 0.6) is 11.5 Å². The number of benzene rings is 3. The van der Waals surface area contributed by atoms with Crippen LogP contribution in [-0.2, 0) is 9.84 Å². The maximum atomic E-state index is 13.4. The normalized spacial score (nSPS) is 14.4. The molecule has 0 bridgehead atoms. The molecule has 0 saturated heterocycles. The molecule has 0 fully saturated rings. The van der Waals surface area contributed by atoms with Crippen LogP contribution in [0.1, 0.15) is 10.4 Å². The van der Waals surface area contributed by atoms with Crippen molar-refractivity contribution in [1.82, 2.24) is 0 Å². The number of rotatable bonds is 5. The van der Waals surface area contributed by atoms with E-state index in [4.69, 9.17) is 32.7 Å². The first-order valence-corrected chi connectivity index (χ1v) is 11.6. The van der Waals surface area contributed by atoms with Crippen molar-refractivity contribution in [3.8, 4) is 11.5 Å². The Morgan fingerprint density at radius 2 is 1.53 bits per heavy atom. The van der Waals surface area contributed by atoms with E-state index >= 15 is 0 Å². The molecule has 3 aromatic rings. The van der Waals surface area contributed by atoms with Gasteiger partial charge >= 0.3 is 0 Å². The highest BCUT2D eigenvalue weighted by molar-refractivity contribution is 7.96. The lowest BCUT2D eigenvalue weighted by atomic mass is 10.1. The van der Waals surface area contributed by atoms with Gasteiger partial charge in [-0.15, -0.1) is 0 Å². The van der Waals surface area contributed by atoms with Crippen molar-refractivity contribution in [3.63, 3.8) is 0 Å². The number of nitrogens with zero attached hydrogens (tertiary/aromatic N) is 1. The van der Waals surface area contributed by atoms with Gasteiger partial charge in [-0.1, -0.05) is 35.3 Å². The van der Waals surface area contributed by atoms with Crippen LogP contribution in [0.4, 0.5) is 11.4 Å². The van der Waals surface area contributed by atoms with Crippen molar-refractivity contribution in [3.05, 3.63) is 87.4 Å². The van der Waals surface area contributed by atoms with Crippen LogP contribution in [0.2, 0.25) is 10.0 Å². The van der Waals surface area contributed by atoms with Crippen molar-refractivity contribution in [2.45, 2.75) is 4.90 Å². The third kappa shape index (κ3) is 3.83. The highest BCUT2D eigenvalue weighted by Gasteiger charge is 2.36. The van der Waals surface area contributed by atoms with Gasteiger partial charge in [0.15, 0.2) is 11.5 Å². The Hall–Kier alpha value is -3.00. The molecule has 3 aromatic carbocycles. The fraction of sp³-hybridized carbons (Fsp3) is 0.0870. The summed E-state index contributed by atoms with van der Waals surface area (Å²) in [6.45, 7) is 0. The minimum Gasteiger partial charge on any atom is -0.493 e. The lowest BCUT2D eigenvalue weighted by molar-refractivity contribution is 0.104. The third-order valence-corrected chi connectivity index (χ3v) is 7.18. The maximum absolute atomic E-state index is 13.4. The number of para-hydroxylation sites is 1. The Kier molecular flexibility index (Phi) is 5.90. The molecule has 0 spiro atoms. The molecule has 0 saturated carbocycles. The van der Waals surface area contributed by atoms with Crippen LogP contribution in [0.15, 0.2) is 76.7 Å². The fourth-order valence-electron chi connectivity index (χ4n) is 3.45. The van der Waals surface area contributed by atoms with Crippen molar-refractivity contribution in [2.75, 3.05) is 19.1 Å². The molecule has 1 aliphatic rings. The first kappa shape index (κ1) is 22.2. The number of Topliss-reactive ketones (excluding diaryl/α,β-unsaturated/α-hetero) is 1. The third-order valence-electron chi connectivity index (χ3n) is 4.95. The first-order valence-electron chi connectivity index (χ1n) is 9.34. The number of halogens is 2. The van der Waals surface area contributed by atoms with Crippen LogP contribution in [0, 0.1) is 0 Å². The molecule has 4 rings (SSSR count). The lowest BCUT2D eigenvalue weighted by Crippen LogP contribution is -2.25. The quantitative estimate of drug-likeness (QED) is 0.430. The van der Waals surface area contributed by atoms with E-state index in [-0.39, 0.29) is 15.4 Å². The average molecular weight is 490 g/mol. The van der Waals surface area contributed by atoms with E-state index in [2.05, 4.69) is 0 Å². The van der Waals surface area contributed by atoms with Gasteiger partial charge in [-0.25, -0.2) is 8.42 Å². The predicted molar refractivity (Wildman–Crippen MR) is 124 cm³/mol. The number of carbonyl (C=O) groups is 1. The van der Waals surface area contributed by atoms with E-state index in [0.29, 0.717) is 32.9 Å². The molecule has 0 amide bonds. The second kappa shape index (κ2) is 8.50. The Bertz CT molecular complexity index is 1350. The monoisotopic (exact) mass is 489 g/mol. The molecule has 32 heavy (non-hydrogen) atoms. The fourth-order valence-corrected chi connectivity index (χ4v) is 5.51. The number of ether oxygens (including phenoxy) is 2. The molecule has 6 nitrogen and oxygen atoms in total. The Morgan fingerprint density at radius 1 is 0.875 bits per heavy atom. The van der Waals surface area contributed by atoms with E-state index < -0.39 is 15.6 Å². The number of fused-ring (bicyclic) bond motifs is 1. The van der Waals surface area contributed by atoms with Gasteiger partial charge in [0.2, 0.25) is 15.6 Å². The van der Waals surface area contributed by atoms with Gasteiger partial charge in [0, 0.05) is 27.5 Å². The van der Waals surface area contributed by atoms with Gasteiger partial charge in [0.25, 0.3) is 0 Å². The van der Waals surface area contributed by atoms with Gasteiger partial charge in [-0.3, -0.25) is 4.79 Å². The zero-order valence-electron chi connectivity index (χ0n) is 17.0. The summed E-state index contributed by atoms with van der Waals surface area (Å²) >= 11 is 12.3. The zero-order valence-corrected chi connectivity index (χ0v) is 19.3. The molecule has 1 aliphatic heterocycles. The number of hydrogen-bond donors (Lipinski definition) is 0. The van der Waals surface area contributed by atoms with Crippen molar-refractivity contribution < 1.29 is 22.7 Å². The topological polar surface area (TPSA) is 72.9 Å². The second-order valence-electron chi connectivity index (χ2n) is 6.86. The average Bonchev–Trinajstić information content (AvgIpc) is 2.77. The first-order chi connectivity index (χ1) is 15.3. The van der Waals surface area contributed by atoms with Crippen LogP contribution in [0.25, 0.3) is 0 Å². The molecule has 164 valence electrons. The zero-order chi connectivity index (χ0) is 23.0. The van der Waals surface area contributed by atoms with Crippen LogP contribution < -0.4 is 14.4 Å². The van der Waals surface area contributed by atoms with Gasteiger partial charge in [0.1, 0.15) is 4.91 Å². The predicted octanol–water partition coefficient (Wildman–Crippen LogP) is 5.66. The Morgan fingerprint density at radius 3 is 2.19 bits per heavy atom. The van der Waals surface area contributed by atoms with Crippen LogP contribution >= 0.6 is 23.2 Å². The standard InChI is InChI=1S/C23H17Cl2NO5S/c1-30-19-8-7-14(9-20(19)31-2)23(27)22-13-26(17-11-15(24)10-16(25)12-17)18-5-3-4-6-21(18)32(22,28)29/h3-13H,1-2H3. The van der Waals surface area contributed by atoms with Gasteiger partial charge in [-0.05, 0) is 48.5 Å². The SMILES string of the molecule is COc1ccc(C(=O)C2=CN(c3cc(Cl)cc(Cl)c3)c3ccccc3S2(=O)=O)cc1OC. The minimum atomic E-state index is -4.09. The highest BCUT2D eigenvalue weighted by Crippen LogP contribution is 2.42. The Labute approximate surface area is 195 Å². The van der Waals surface area contributed by atoms with Crippen molar-refractivity contribution in [2.24, 2.45) is 0 Å². The van der Waals surface area contributed by atoms with Crippen LogP contribution in [-0.4, -0.2) is 28.4 Å². The van der Waals surface area contributed by atoms with Gasteiger partial charge in [-0.2, -0.15) is 0 Å². The second-order valence-corrected chi connectivity index (χ2v) is 9.62. The van der Waals surface area contributed by atoms with E-state index in [1.165, 1.54) is 38.6 Å². The number of hydrogen-bond acceptors (Lipinski definition) is 6. The number of ketones is 1. The van der Waals surface area contributed by atoms with Crippen molar-refractivity contribution >= 4 is 50.2 Å². The molecular weight excluding hydrogens is 473 g/mol. The molecule has 9 heteroatoms. The van der Waals surface area contributed by atoms with Gasteiger partial charge in [0.05, 0.1) is 24.8 Å². The maximum Gasteiger partial charge on any atom is 0.214 e. The number of methoxy groups -OCH3 is 2. The van der Waals surface area contributed by atoms with E-state index in [9.17, 15) is 13.2 Å². The molecule has 0 atom stereocenters. The number of sulfone groups is 1. The summed E-state index contributed by atoms with van der Waals surface area (Å²) in [4.78, 5) is 14.6. The summed E-state index contributed by atoms with van der Waals surface area (Å²) in [5.74, 6) is 0.0506. The molecule has 0 radical (unpaired) electrons. The molecule has 0 aliphatic carbocycles. The number of carbonyl (C=O) groups excluding carboxylic acids is 1. The Balaban J connectivity index is 1.91. The van der Waals surface area contributed by atoms with Gasteiger partial charge < -0.3 is 14.4 Å². The molecule has 0 aromatic heterocycles. The number of allylic oxidation sites excluding steroid dienone is 1. The summed E-state index contributed by atoms with van der Waals surface area (Å²) in [7, 11) is -1.19. The summed E-state index contributed by atoms with van der Waals surface area (Å²) < 4.78 is 37.2. The smallest absolute Gasteiger partial charge is 0.214 e. The summed E-state index contributed by atoms with van der Waals surface area (Å²) in [6, 6.07) is 15.7. The van der Waals surface area contributed by atoms with Crippen molar-refractivity contribution in [1.29, 1.82) is 0 Å². The molecule has 0 N–H and O–H groups in total. The highest BCUT2D eigenvalue weighted by atomic mass is 35.5. The summed E-state index contributed by atoms with van der Waals surface area (Å²) in [6.07, 6.45) is 1.29. The largest absolute Gasteiger partial charge is 0.493 e. The lowest BCUT2D eigenvalue weighted by Gasteiger charge is -2.29. The summed E-state index contributed by atoms with van der Waals surface area (Å²) in [5.41, 5.74) is 1.04. The summed E-state index contributed by atoms with van der Waals surface area (Å²) in [5, 5.41) is 0.749. The van der Waals surface area contributed by atoms with E-state index in [1.54, 1.807) is 47.4 Å².